The number of hydrogen-bond acceptors (Lipinski definition) is 4. The first kappa shape index (κ1) is 14.4. The third-order valence-corrected chi connectivity index (χ3v) is 3.38. The van der Waals surface area contributed by atoms with E-state index in [-0.39, 0.29) is 18.6 Å². The Balaban J connectivity index is 2.16. The monoisotopic (exact) mass is 281 g/mol. The van der Waals surface area contributed by atoms with Gasteiger partial charge in [0.2, 0.25) is 0 Å². The molecular weight excluding hydrogens is 262 g/mol. The smallest absolute Gasteiger partial charge is 0.254 e. The first-order chi connectivity index (χ1) is 8.91. The molecule has 4 nitrogen and oxygen atoms in total. The van der Waals surface area contributed by atoms with E-state index in [0.717, 1.165) is 4.90 Å². The highest BCUT2D eigenvalue weighted by Crippen LogP contribution is 2.22. The summed E-state index contributed by atoms with van der Waals surface area (Å²) < 4.78 is 5.70. The zero-order chi connectivity index (χ0) is 14.0. The van der Waals surface area contributed by atoms with Crippen molar-refractivity contribution in [1.82, 2.24) is 4.90 Å². The van der Waals surface area contributed by atoms with Crippen LogP contribution in [0.25, 0.3) is 0 Å². The summed E-state index contributed by atoms with van der Waals surface area (Å²) in [4.78, 5) is 15.0. The van der Waals surface area contributed by atoms with E-state index < -0.39 is 5.60 Å². The van der Waals surface area contributed by atoms with Crippen molar-refractivity contribution >= 4 is 18.5 Å². The van der Waals surface area contributed by atoms with E-state index in [2.05, 4.69) is 12.6 Å². The first-order valence-electron chi connectivity index (χ1n) is 6.28. The summed E-state index contributed by atoms with van der Waals surface area (Å²) in [6, 6.07) is 7.12. The number of thiol groups is 1. The normalized spacial score (nSPS) is 22.3. The van der Waals surface area contributed by atoms with Crippen molar-refractivity contribution < 1.29 is 14.6 Å². The van der Waals surface area contributed by atoms with E-state index in [0.29, 0.717) is 18.7 Å². The van der Waals surface area contributed by atoms with Gasteiger partial charge in [-0.1, -0.05) is 0 Å². The summed E-state index contributed by atoms with van der Waals surface area (Å²) in [5.41, 5.74) is 0.192. The minimum atomic E-state index is -0.440. The molecule has 0 bridgehead atoms. The summed E-state index contributed by atoms with van der Waals surface area (Å²) in [5, 5.41) is 9.26. The van der Waals surface area contributed by atoms with Crippen molar-refractivity contribution in [3.8, 4) is 0 Å². The second kappa shape index (κ2) is 5.53. The Morgan fingerprint density at radius 1 is 1.47 bits per heavy atom. The zero-order valence-electron chi connectivity index (χ0n) is 11.2. The second-order valence-electron chi connectivity index (χ2n) is 5.41. The van der Waals surface area contributed by atoms with Crippen molar-refractivity contribution in [3.63, 3.8) is 0 Å². The van der Waals surface area contributed by atoms with Crippen LogP contribution in [0, 0.1) is 0 Å². The number of benzene rings is 1. The van der Waals surface area contributed by atoms with Crippen LogP contribution in [0.5, 0.6) is 0 Å². The van der Waals surface area contributed by atoms with Crippen LogP contribution in [0.2, 0.25) is 0 Å². The van der Waals surface area contributed by atoms with Gasteiger partial charge in [0, 0.05) is 23.5 Å². The maximum Gasteiger partial charge on any atom is 0.254 e. The summed E-state index contributed by atoms with van der Waals surface area (Å²) in [6.07, 6.45) is -0.322. The molecular formula is C14H19NO3S. The van der Waals surface area contributed by atoms with Gasteiger partial charge in [0.05, 0.1) is 18.3 Å². The molecule has 1 aliphatic heterocycles. The number of amides is 1. The zero-order valence-corrected chi connectivity index (χ0v) is 12.1. The lowest BCUT2D eigenvalue weighted by Crippen LogP contribution is -2.55. The topological polar surface area (TPSA) is 49.8 Å². The van der Waals surface area contributed by atoms with Crippen LogP contribution >= 0.6 is 12.6 Å². The number of carbonyl (C=O) groups is 1. The molecule has 1 aromatic carbocycles. The van der Waals surface area contributed by atoms with Gasteiger partial charge in [0.1, 0.15) is 0 Å². The molecule has 1 unspecified atom stereocenters. The number of aliphatic hydroxyl groups is 1. The van der Waals surface area contributed by atoms with E-state index in [4.69, 9.17) is 4.74 Å². The quantitative estimate of drug-likeness (QED) is 0.809. The molecule has 104 valence electrons. The largest absolute Gasteiger partial charge is 0.394 e. The van der Waals surface area contributed by atoms with Crippen LogP contribution in [-0.2, 0) is 4.74 Å². The highest BCUT2D eigenvalue weighted by Gasteiger charge is 2.35. The molecule has 1 aliphatic rings. The SMILES string of the molecule is CC1(C)CN(C(=O)c2ccc(S)cc2)CC(CO)O1. The van der Waals surface area contributed by atoms with Crippen LogP contribution in [0.1, 0.15) is 24.2 Å². The van der Waals surface area contributed by atoms with E-state index in [1.807, 2.05) is 13.8 Å². The molecule has 0 radical (unpaired) electrons. The number of morpholine rings is 1. The molecule has 1 atom stereocenters. The molecule has 1 saturated heterocycles. The van der Waals surface area contributed by atoms with Gasteiger partial charge in [-0.3, -0.25) is 4.79 Å². The van der Waals surface area contributed by atoms with Crippen LogP contribution in [-0.4, -0.2) is 47.3 Å². The molecule has 1 N–H and O–H groups in total. The Morgan fingerprint density at radius 3 is 2.68 bits per heavy atom. The highest BCUT2D eigenvalue weighted by atomic mass is 32.1. The summed E-state index contributed by atoms with van der Waals surface area (Å²) in [5.74, 6) is -0.0387. The minimum absolute atomic E-state index is 0.0387. The number of rotatable bonds is 2. The molecule has 5 heteroatoms. The van der Waals surface area contributed by atoms with Gasteiger partial charge in [-0.15, -0.1) is 12.6 Å². The number of ether oxygens (including phenoxy) is 1. The van der Waals surface area contributed by atoms with Gasteiger partial charge in [0.15, 0.2) is 0 Å². The molecule has 19 heavy (non-hydrogen) atoms. The number of hydrogen-bond donors (Lipinski definition) is 2. The van der Waals surface area contributed by atoms with Crippen molar-refractivity contribution in [2.75, 3.05) is 19.7 Å². The standard InChI is InChI=1S/C14H19NO3S/c1-14(2)9-15(7-11(8-16)18-14)13(17)10-3-5-12(19)6-4-10/h3-6,11,16,19H,7-9H2,1-2H3. The molecule has 1 heterocycles. The Labute approximate surface area is 118 Å². The maximum atomic E-state index is 12.4. The first-order valence-corrected chi connectivity index (χ1v) is 6.73. The lowest BCUT2D eigenvalue weighted by atomic mass is 10.0. The summed E-state index contributed by atoms with van der Waals surface area (Å²) in [7, 11) is 0. The number of aliphatic hydroxyl groups excluding tert-OH is 1. The van der Waals surface area contributed by atoms with Crippen molar-refractivity contribution in [2.45, 2.75) is 30.4 Å². The van der Waals surface area contributed by atoms with E-state index >= 15 is 0 Å². The predicted octanol–water partition coefficient (Wildman–Crippen LogP) is 1.59. The molecule has 0 aliphatic carbocycles. The van der Waals surface area contributed by atoms with Gasteiger partial charge < -0.3 is 14.7 Å². The number of carbonyl (C=O) groups excluding carboxylic acids is 1. The lowest BCUT2D eigenvalue weighted by molar-refractivity contribution is -0.139. The van der Waals surface area contributed by atoms with E-state index in [1.165, 1.54) is 0 Å². The second-order valence-corrected chi connectivity index (χ2v) is 5.93. The maximum absolute atomic E-state index is 12.4. The van der Waals surface area contributed by atoms with Crippen LogP contribution in [0.3, 0.4) is 0 Å². The average molecular weight is 281 g/mol. The van der Waals surface area contributed by atoms with Crippen LogP contribution in [0.15, 0.2) is 29.2 Å². The molecule has 0 spiro atoms. The molecule has 0 aromatic heterocycles. The Bertz CT molecular complexity index is 458. The van der Waals surface area contributed by atoms with Gasteiger partial charge in [-0.2, -0.15) is 0 Å². The lowest BCUT2D eigenvalue weighted by Gasteiger charge is -2.42. The third kappa shape index (κ3) is 3.49. The Kier molecular flexibility index (Phi) is 4.18. The van der Waals surface area contributed by atoms with E-state index in [9.17, 15) is 9.90 Å². The fraction of sp³-hybridized carbons (Fsp3) is 0.500. The molecule has 1 fully saturated rings. The van der Waals surface area contributed by atoms with Crippen LogP contribution in [0.4, 0.5) is 0 Å². The van der Waals surface area contributed by atoms with Crippen LogP contribution < -0.4 is 0 Å². The minimum Gasteiger partial charge on any atom is -0.394 e. The number of nitrogens with zero attached hydrogens (tertiary/aromatic N) is 1. The van der Waals surface area contributed by atoms with Crippen molar-refractivity contribution in [2.24, 2.45) is 0 Å². The molecule has 2 rings (SSSR count). The predicted molar refractivity (Wildman–Crippen MR) is 75.6 cm³/mol. The van der Waals surface area contributed by atoms with Crippen molar-refractivity contribution in [3.05, 3.63) is 29.8 Å². The third-order valence-electron chi connectivity index (χ3n) is 3.09. The highest BCUT2D eigenvalue weighted by molar-refractivity contribution is 7.80. The summed E-state index contributed by atoms with van der Waals surface area (Å²) in [6.45, 7) is 4.70. The average Bonchev–Trinajstić information content (AvgIpc) is 2.37. The van der Waals surface area contributed by atoms with Gasteiger partial charge in [-0.25, -0.2) is 0 Å². The fourth-order valence-electron chi connectivity index (χ4n) is 2.33. The fourth-order valence-corrected chi connectivity index (χ4v) is 2.48. The van der Waals surface area contributed by atoms with Gasteiger partial charge in [0.25, 0.3) is 5.91 Å². The summed E-state index contributed by atoms with van der Waals surface area (Å²) >= 11 is 4.21. The Hall–Kier alpha value is -1.04. The van der Waals surface area contributed by atoms with Gasteiger partial charge in [-0.05, 0) is 38.1 Å². The Morgan fingerprint density at radius 2 is 2.11 bits per heavy atom. The van der Waals surface area contributed by atoms with E-state index in [1.54, 1.807) is 29.2 Å². The van der Waals surface area contributed by atoms with Gasteiger partial charge >= 0.3 is 0 Å². The van der Waals surface area contributed by atoms with Crippen molar-refractivity contribution in [1.29, 1.82) is 0 Å². The molecule has 1 aromatic rings. The molecule has 1 amide bonds. The molecule has 0 saturated carbocycles.